The van der Waals surface area contributed by atoms with E-state index in [0.717, 1.165) is 33.3 Å². The molecule has 0 aromatic carbocycles. The number of pyridine rings is 1. The number of hydrogen-bond donors (Lipinski definition) is 1. The topological polar surface area (TPSA) is 42.7 Å². The van der Waals surface area contributed by atoms with Crippen LogP contribution < -0.4 is 5.32 Å². The lowest BCUT2D eigenvalue weighted by atomic mass is 10.1. The van der Waals surface area contributed by atoms with Gasteiger partial charge in [-0.1, -0.05) is 18.5 Å². The van der Waals surface area contributed by atoms with Gasteiger partial charge in [0, 0.05) is 21.7 Å². The lowest BCUT2D eigenvalue weighted by molar-refractivity contribution is 0.528. The molecule has 108 valence electrons. The summed E-state index contributed by atoms with van der Waals surface area (Å²) in [6, 6.07) is 1.86. The van der Waals surface area contributed by atoms with Gasteiger partial charge in [-0.2, -0.15) is 5.10 Å². The molecular formula is C13H15Br2ClN4. The van der Waals surface area contributed by atoms with Gasteiger partial charge in [-0.05, 0) is 51.4 Å². The van der Waals surface area contributed by atoms with E-state index in [1.807, 2.05) is 17.8 Å². The van der Waals surface area contributed by atoms with Gasteiger partial charge in [-0.25, -0.2) is 0 Å². The van der Waals surface area contributed by atoms with Crippen LogP contribution in [0.5, 0.6) is 0 Å². The lowest BCUT2D eigenvalue weighted by Gasteiger charge is -2.19. The van der Waals surface area contributed by atoms with Crippen molar-refractivity contribution in [3.8, 4) is 0 Å². The molecule has 0 spiro atoms. The van der Waals surface area contributed by atoms with Gasteiger partial charge in [0.15, 0.2) is 0 Å². The Bertz CT molecular complexity index is 600. The van der Waals surface area contributed by atoms with Crippen LogP contribution in [-0.2, 0) is 6.54 Å². The summed E-state index contributed by atoms with van der Waals surface area (Å²) < 4.78 is 3.78. The largest absolute Gasteiger partial charge is 0.307 e. The van der Waals surface area contributed by atoms with Crippen LogP contribution >= 0.6 is 43.5 Å². The van der Waals surface area contributed by atoms with Crippen molar-refractivity contribution in [2.24, 2.45) is 0 Å². The molecule has 0 saturated carbocycles. The predicted molar refractivity (Wildman–Crippen MR) is 88.1 cm³/mol. The third-order valence-electron chi connectivity index (χ3n) is 2.94. The average molecular weight is 423 g/mol. The van der Waals surface area contributed by atoms with Gasteiger partial charge in [0.05, 0.1) is 28.6 Å². The van der Waals surface area contributed by atoms with E-state index >= 15 is 0 Å². The minimum atomic E-state index is -0.112. The lowest BCUT2D eigenvalue weighted by Crippen LogP contribution is -2.23. The molecule has 0 saturated heterocycles. The van der Waals surface area contributed by atoms with Crippen molar-refractivity contribution < 1.29 is 0 Å². The molecule has 1 atom stereocenters. The second kappa shape index (κ2) is 7.02. The highest BCUT2D eigenvalue weighted by molar-refractivity contribution is 9.11. The molecule has 1 unspecified atom stereocenters. The molecule has 0 fully saturated rings. The maximum absolute atomic E-state index is 6.31. The summed E-state index contributed by atoms with van der Waals surface area (Å²) in [6.07, 6.45) is 4.46. The van der Waals surface area contributed by atoms with Gasteiger partial charge in [0.2, 0.25) is 0 Å². The molecule has 7 heteroatoms. The van der Waals surface area contributed by atoms with Crippen molar-refractivity contribution in [2.75, 3.05) is 7.05 Å². The van der Waals surface area contributed by atoms with E-state index in [0.29, 0.717) is 5.02 Å². The summed E-state index contributed by atoms with van der Waals surface area (Å²) in [5, 5.41) is 8.25. The molecular weight excluding hydrogens is 407 g/mol. The van der Waals surface area contributed by atoms with Crippen LogP contribution in [0.1, 0.15) is 30.8 Å². The molecule has 0 radical (unpaired) electrons. The maximum Gasteiger partial charge on any atom is 0.0946 e. The number of halogens is 3. The van der Waals surface area contributed by atoms with Crippen molar-refractivity contribution in [1.29, 1.82) is 0 Å². The summed E-state index contributed by atoms with van der Waals surface area (Å²) in [5.74, 6) is 0. The number of rotatable bonds is 5. The number of aromatic nitrogens is 3. The fraction of sp³-hybridized carbons (Fsp3) is 0.385. The summed E-state index contributed by atoms with van der Waals surface area (Å²) in [5.41, 5.74) is 1.82. The van der Waals surface area contributed by atoms with Gasteiger partial charge >= 0.3 is 0 Å². The van der Waals surface area contributed by atoms with Crippen LogP contribution in [0.25, 0.3) is 0 Å². The van der Waals surface area contributed by atoms with Crippen molar-refractivity contribution >= 4 is 43.5 Å². The number of hydrogen-bond acceptors (Lipinski definition) is 3. The van der Waals surface area contributed by atoms with E-state index in [1.54, 1.807) is 12.4 Å². The Morgan fingerprint density at radius 1 is 1.40 bits per heavy atom. The zero-order valence-corrected chi connectivity index (χ0v) is 15.1. The summed E-state index contributed by atoms with van der Waals surface area (Å²) in [4.78, 5) is 4.49. The minimum Gasteiger partial charge on any atom is -0.307 e. The van der Waals surface area contributed by atoms with Gasteiger partial charge in [0.25, 0.3) is 0 Å². The molecule has 0 aliphatic heterocycles. The van der Waals surface area contributed by atoms with Crippen molar-refractivity contribution in [1.82, 2.24) is 20.1 Å². The van der Waals surface area contributed by atoms with E-state index < -0.39 is 0 Å². The Hall–Kier alpha value is -0.430. The van der Waals surface area contributed by atoms with E-state index in [4.69, 9.17) is 11.6 Å². The van der Waals surface area contributed by atoms with E-state index in [1.165, 1.54) is 0 Å². The monoisotopic (exact) mass is 420 g/mol. The Morgan fingerprint density at radius 3 is 2.75 bits per heavy atom. The highest BCUT2D eigenvalue weighted by Gasteiger charge is 2.23. The quantitative estimate of drug-likeness (QED) is 0.786. The standard InChI is InChI=1S/C13H15Br2ClN4/c1-3-4-20-13(10(16)7-19-20)12(17-2)11-9(15)5-8(14)6-18-11/h5-7,12,17H,3-4H2,1-2H3. The van der Waals surface area contributed by atoms with Gasteiger partial charge in [-0.15, -0.1) is 0 Å². The molecule has 4 nitrogen and oxygen atoms in total. The van der Waals surface area contributed by atoms with Crippen molar-refractivity contribution in [3.63, 3.8) is 0 Å². The normalized spacial score (nSPS) is 12.7. The fourth-order valence-electron chi connectivity index (χ4n) is 2.09. The molecule has 0 aliphatic carbocycles. The van der Waals surface area contributed by atoms with Crippen LogP contribution in [0.15, 0.2) is 27.4 Å². The summed E-state index contributed by atoms with van der Waals surface area (Å²) in [7, 11) is 1.89. The number of aryl methyl sites for hydroxylation is 1. The Morgan fingerprint density at radius 2 is 2.15 bits per heavy atom. The molecule has 2 heterocycles. The van der Waals surface area contributed by atoms with Crippen LogP contribution in [0.2, 0.25) is 5.02 Å². The Kier molecular flexibility index (Phi) is 5.60. The number of nitrogens with zero attached hydrogens (tertiary/aromatic N) is 3. The smallest absolute Gasteiger partial charge is 0.0946 e. The zero-order chi connectivity index (χ0) is 14.7. The average Bonchev–Trinajstić information content (AvgIpc) is 2.75. The van der Waals surface area contributed by atoms with E-state index in [-0.39, 0.29) is 6.04 Å². The van der Waals surface area contributed by atoms with Gasteiger partial charge in [0.1, 0.15) is 0 Å². The maximum atomic E-state index is 6.31. The third kappa shape index (κ3) is 3.24. The molecule has 20 heavy (non-hydrogen) atoms. The second-order valence-electron chi connectivity index (χ2n) is 4.34. The second-order valence-corrected chi connectivity index (χ2v) is 6.52. The molecule has 1 N–H and O–H groups in total. The van der Waals surface area contributed by atoms with Crippen LogP contribution in [-0.4, -0.2) is 21.8 Å². The number of nitrogens with one attached hydrogen (secondary N) is 1. The van der Waals surface area contributed by atoms with Crippen molar-refractivity contribution in [3.05, 3.63) is 43.8 Å². The van der Waals surface area contributed by atoms with E-state index in [2.05, 4.69) is 54.2 Å². The highest BCUT2D eigenvalue weighted by atomic mass is 79.9. The van der Waals surface area contributed by atoms with Crippen LogP contribution in [0, 0.1) is 0 Å². The highest BCUT2D eigenvalue weighted by Crippen LogP contribution is 2.32. The molecule has 0 aliphatic rings. The molecule has 2 rings (SSSR count). The third-order valence-corrected chi connectivity index (χ3v) is 4.30. The Labute approximate surface area is 140 Å². The van der Waals surface area contributed by atoms with Gasteiger partial charge < -0.3 is 5.32 Å². The van der Waals surface area contributed by atoms with Crippen molar-refractivity contribution in [2.45, 2.75) is 25.9 Å². The zero-order valence-electron chi connectivity index (χ0n) is 11.2. The molecule has 2 aromatic rings. The summed E-state index contributed by atoms with van der Waals surface area (Å²) in [6.45, 7) is 2.94. The SMILES string of the molecule is CCCn1ncc(Cl)c1C(NC)c1ncc(Br)cc1Br. The molecule has 0 amide bonds. The van der Waals surface area contributed by atoms with E-state index in [9.17, 15) is 0 Å². The first-order valence-electron chi connectivity index (χ1n) is 6.27. The minimum absolute atomic E-state index is 0.112. The summed E-state index contributed by atoms with van der Waals surface area (Å²) >= 11 is 13.3. The molecule has 2 aromatic heterocycles. The van der Waals surface area contributed by atoms with Gasteiger partial charge in [-0.3, -0.25) is 9.67 Å². The predicted octanol–water partition coefficient (Wildman–Crippen LogP) is 4.18. The molecule has 0 bridgehead atoms. The first-order chi connectivity index (χ1) is 9.58. The van der Waals surface area contributed by atoms with Crippen LogP contribution in [0.3, 0.4) is 0 Å². The first kappa shape index (κ1) is 15.9. The first-order valence-corrected chi connectivity index (χ1v) is 8.24. The Balaban J connectivity index is 2.49. The van der Waals surface area contributed by atoms with Crippen LogP contribution in [0.4, 0.5) is 0 Å². The fourth-order valence-corrected chi connectivity index (χ4v) is 3.56.